The summed E-state index contributed by atoms with van der Waals surface area (Å²) in [6, 6.07) is 0. The molecule has 0 saturated carbocycles. The maximum atomic E-state index is 10.8. The van der Waals surface area contributed by atoms with Crippen molar-refractivity contribution in [2.45, 2.75) is 45.4 Å². The second-order valence-corrected chi connectivity index (χ2v) is 8.48. The average molecular weight is 400 g/mol. The van der Waals surface area contributed by atoms with Crippen LogP contribution < -0.4 is 138 Å². The Labute approximate surface area is 227 Å². The van der Waals surface area contributed by atoms with E-state index in [4.69, 9.17) is 0 Å². The number of hydrogen-bond acceptors (Lipinski definition) is 6. The van der Waals surface area contributed by atoms with Crippen LogP contribution in [0.25, 0.3) is 0 Å². The molecule has 0 saturated heterocycles. The molecule has 23 heavy (non-hydrogen) atoms. The molecule has 0 N–H and O–H groups in total. The summed E-state index contributed by atoms with van der Waals surface area (Å²) in [5.74, 6) is 0. The number of rotatable bonds is 7. The van der Waals surface area contributed by atoms with E-state index >= 15 is 0 Å². The van der Waals surface area contributed by atoms with Gasteiger partial charge in [0.2, 0.25) is 0 Å². The molecule has 0 aliphatic rings. The van der Waals surface area contributed by atoms with Crippen LogP contribution in [0.3, 0.4) is 0 Å². The first-order valence-electron chi connectivity index (χ1n) is 5.77. The minimum Gasteiger partial charge on any atom is -0.810 e. The van der Waals surface area contributed by atoms with Crippen molar-refractivity contribution < 1.29 is 147 Å². The maximum absolute atomic E-state index is 10.8. The molecule has 0 fully saturated rings. The molecule has 0 atom stereocenters. The molecule has 12 heteroatoms. The molecular weight excluding hydrogens is 382 g/mol. The van der Waals surface area contributed by atoms with Crippen molar-refractivity contribution in [3.05, 3.63) is 23.3 Å². The zero-order valence-corrected chi connectivity index (χ0v) is 25.0. The van der Waals surface area contributed by atoms with Crippen molar-refractivity contribution in [2.75, 3.05) is 0 Å². The van der Waals surface area contributed by atoms with Gasteiger partial charge in [-0.3, -0.25) is 0 Å². The van der Waals surface area contributed by atoms with Gasteiger partial charge in [-0.2, -0.15) is 0 Å². The van der Waals surface area contributed by atoms with Crippen molar-refractivity contribution in [1.82, 2.24) is 0 Å². The Morgan fingerprint density at radius 3 is 1.57 bits per heavy atom. The van der Waals surface area contributed by atoms with Crippen LogP contribution in [0.4, 0.5) is 0 Å². The van der Waals surface area contributed by atoms with Crippen LogP contribution in [0.5, 0.6) is 0 Å². The first-order chi connectivity index (χ1) is 8.44. The van der Waals surface area contributed by atoms with E-state index in [-0.39, 0.29) is 118 Å². The van der Waals surface area contributed by atoms with Gasteiger partial charge < -0.3 is 28.7 Å². The first-order valence-corrected chi connectivity index (χ1v) is 8.99. The first kappa shape index (κ1) is 37.5. The summed E-state index contributed by atoms with van der Waals surface area (Å²) in [6.45, 7) is 5.56. The third kappa shape index (κ3) is 20.3. The molecule has 0 bridgehead atoms. The monoisotopic (exact) mass is 400 g/mol. The summed E-state index contributed by atoms with van der Waals surface area (Å²) >= 11 is 0. The molecule has 0 radical (unpaired) electrons. The predicted octanol–water partition coefficient (Wildman–Crippen LogP) is -11.8. The second kappa shape index (κ2) is 17.8. The molecule has 0 aliphatic heterocycles. The number of hydrogen-bond donors (Lipinski definition) is 0. The number of allylic oxidation sites excluding steroid dienone is 4. The second-order valence-electron chi connectivity index (χ2n) is 4.67. The molecule has 0 amide bonds. The molecule has 6 nitrogen and oxygen atoms in total. The Bertz CT molecular complexity index is 431. The minimum absolute atomic E-state index is 0. The van der Waals surface area contributed by atoms with Gasteiger partial charge in [0.1, 0.15) is 0 Å². The van der Waals surface area contributed by atoms with Crippen LogP contribution >= 0.6 is 15.2 Å². The quantitative estimate of drug-likeness (QED) is 0.237. The third-order valence-electron chi connectivity index (χ3n) is 2.50. The normalized spacial score (nSPS) is 11.4. The fraction of sp³-hybridized carbons (Fsp3) is 0.636. The minimum atomic E-state index is -5.44. The van der Waals surface area contributed by atoms with E-state index in [1.807, 2.05) is 19.9 Å². The largest absolute Gasteiger partial charge is 1.00 e. The van der Waals surface area contributed by atoms with Gasteiger partial charge in [0, 0.05) is 5.40 Å². The van der Waals surface area contributed by atoms with Crippen LogP contribution in [-0.4, -0.2) is 5.40 Å². The zero-order valence-electron chi connectivity index (χ0n) is 15.2. The van der Waals surface area contributed by atoms with Crippen LogP contribution in [0.2, 0.25) is 0 Å². The molecule has 0 unspecified atom stereocenters. The van der Waals surface area contributed by atoms with Crippen LogP contribution in [0.1, 0.15) is 40.0 Å². The van der Waals surface area contributed by atoms with E-state index < -0.39 is 27.0 Å². The van der Waals surface area contributed by atoms with Gasteiger partial charge in [-0.05, 0) is 40.0 Å². The van der Waals surface area contributed by atoms with E-state index in [1.54, 1.807) is 6.92 Å². The van der Waals surface area contributed by atoms with E-state index in [0.29, 0.717) is 6.42 Å². The van der Waals surface area contributed by atoms with E-state index in [2.05, 4.69) is 0 Å². The molecule has 0 heterocycles. The molecule has 0 rings (SSSR count). The molecule has 112 valence electrons. The van der Waals surface area contributed by atoms with Crippen molar-refractivity contribution in [1.29, 1.82) is 0 Å². The standard InChI is InChI=1S/C11H22O6P2.4Na/c1-9(2)5-4-6-10(3)7-8-11(18(12,13)14)19(15,16)17;;;;/h5,7,11H,4,6,8H2,1-3H3,(H2,12,13,14)(H2,15,16,17);;;;/q;4*+1/p-4/b10-7+;;;;. The Morgan fingerprint density at radius 1 is 0.870 bits per heavy atom. The Hall–Kier alpha value is 3.78. The van der Waals surface area contributed by atoms with Crippen LogP contribution in [0, 0.1) is 0 Å². The van der Waals surface area contributed by atoms with Crippen LogP contribution in [0.15, 0.2) is 23.3 Å². The fourth-order valence-corrected chi connectivity index (χ4v) is 3.54. The molecule has 0 aromatic rings. The topological polar surface area (TPSA) is 126 Å². The van der Waals surface area contributed by atoms with Gasteiger partial charge in [-0.25, -0.2) is 0 Å². The zero-order chi connectivity index (χ0) is 15.3. The van der Waals surface area contributed by atoms with Crippen molar-refractivity contribution >= 4 is 15.2 Å². The van der Waals surface area contributed by atoms with Crippen LogP contribution in [-0.2, 0) is 9.13 Å². The summed E-state index contributed by atoms with van der Waals surface area (Å²) in [6.07, 6.45) is 4.08. The molecule has 0 aromatic heterocycles. The summed E-state index contributed by atoms with van der Waals surface area (Å²) in [5, 5.41) is -2.39. The maximum Gasteiger partial charge on any atom is 1.00 e. The molecule has 0 aliphatic carbocycles. The van der Waals surface area contributed by atoms with Gasteiger partial charge in [-0.15, -0.1) is 0 Å². The van der Waals surface area contributed by atoms with E-state index in [0.717, 1.165) is 17.6 Å². The fourth-order valence-electron chi connectivity index (χ4n) is 1.43. The summed E-state index contributed by atoms with van der Waals surface area (Å²) in [4.78, 5) is 43.0. The molecular formula is C11H18Na4O6P2. The molecule has 0 aromatic carbocycles. The summed E-state index contributed by atoms with van der Waals surface area (Å²) < 4.78 is 21.5. The summed E-state index contributed by atoms with van der Waals surface area (Å²) in [5.41, 5.74) is 1.88. The van der Waals surface area contributed by atoms with E-state index in [1.165, 1.54) is 6.08 Å². The van der Waals surface area contributed by atoms with Crippen molar-refractivity contribution in [2.24, 2.45) is 0 Å². The Kier molecular flexibility index (Phi) is 29.1. The van der Waals surface area contributed by atoms with Gasteiger partial charge >= 0.3 is 118 Å². The molecule has 0 spiro atoms. The third-order valence-corrected chi connectivity index (χ3v) is 6.08. The van der Waals surface area contributed by atoms with Gasteiger partial charge in [0.15, 0.2) is 0 Å². The predicted molar refractivity (Wildman–Crippen MR) is 66.0 cm³/mol. The van der Waals surface area contributed by atoms with Gasteiger partial charge in [0.25, 0.3) is 0 Å². The van der Waals surface area contributed by atoms with Crippen molar-refractivity contribution in [3.8, 4) is 0 Å². The van der Waals surface area contributed by atoms with Gasteiger partial charge in [0.05, 0.1) is 0 Å². The van der Waals surface area contributed by atoms with Gasteiger partial charge in [-0.1, -0.05) is 38.5 Å². The summed E-state index contributed by atoms with van der Waals surface area (Å²) in [7, 11) is -10.9. The Balaban J connectivity index is -0.000000270. The van der Waals surface area contributed by atoms with Crippen molar-refractivity contribution in [3.63, 3.8) is 0 Å². The smallest absolute Gasteiger partial charge is 0.810 e. The Morgan fingerprint density at radius 2 is 1.26 bits per heavy atom. The average Bonchev–Trinajstić information content (AvgIpc) is 2.12. The van der Waals surface area contributed by atoms with E-state index in [9.17, 15) is 28.7 Å². The SMILES string of the molecule is CC(C)=CCC/C(C)=C/CC(P(=O)([O-])[O-])P(=O)([O-])[O-].[Na+].[Na+].[Na+].[Na+].